The summed E-state index contributed by atoms with van der Waals surface area (Å²) in [6, 6.07) is 1.05. The zero-order valence-electron chi connectivity index (χ0n) is 9.04. The first-order valence-corrected chi connectivity index (χ1v) is 5.56. The Labute approximate surface area is 108 Å². The van der Waals surface area contributed by atoms with Crippen LogP contribution >= 0.6 is 23.2 Å². The summed E-state index contributed by atoms with van der Waals surface area (Å²) < 4.78 is 0. The lowest BCUT2D eigenvalue weighted by Gasteiger charge is -2.11. The van der Waals surface area contributed by atoms with Gasteiger partial charge in [-0.15, -0.1) is 0 Å². The van der Waals surface area contributed by atoms with E-state index in [1.165, 1.54) is 12.3 Å². The van der Waals surface area contributed by atoms with E-state index in [1.54, 1.807) is 6.92 Å². The standard InChI is InChI=1S/C10H11Cl2N3O2/c1-5(2-8(13)16)15-10(17)6-3-7(11)9(12)14-4-6/h3-5H,2H2,1H3,(H2,13,16)(H,15,17). The number of primary amides is 1. The fraction of sp³-hybridized carbons (Fsp3) is 0.300. The van der Waals surface area contributed by atoms with Gasteiger partial charge in [0, 0.05) is 18.7 Å². The predicted octanol–water partition coefficient (Wildman–Crippen LogP) is 1.38. The first-order valence-electron chi connectivity index (χ1n) is 4.80. The summed E-state index contributed by atoms with van der Waals surface area (Å²) in [4.78, 5) is 26.1. The normalized spacial score (nSPS) is 11.9. The molecule has 1 heterocycles. The van der Waals surface area contributed by atoms with Crippen LogP contribution in [0.5, 0.6) is 0 Å². The summed E-state index contributed by atoms with van der Waals surface area (Å²) in [5.74, 6) is -0.866. The molecule has 1 atom stereocenters. The second-order valence-electron chi connectivity index (χ2n) is 3.54. The average molecular weight is 276 g/mol. The number of carbonyl (C=O) groups is 2. The van der Waals surface area contributed by atoms with Crippen LogP contribution in [0, 0.1) is 0 Å². The highest BCUT2D eigenvalue weighted by Crippen LogP contribution is 2.19. The van der Waals surface area contributed by atoms with Gasteiger partial charge in [-0.25, -0.2) is 4.98 Å². The van der Waals surface area contributed by atoms with Crippen molar-refractivity contribution in [2.45, 2.75) is 19.4 Å². The first kappa shape index (κ1) is 13.7. The second kappa shape index (κ2) is 5.84. The number of nitrogens with one attached hydrogen (secondary N) is 1. The molecule has 0 fully saturated rings. The van der Waals surface area contributed by atoms with Crippen LogP contribution in [-0.2, 0) is 4.79 Å². The summed E-state index contributed by atoms with van der Waals surface area (Å²) in [5, 5.41) is 2.92. The van der Waals surface area contributed by atoms with Crippen molar-refractivity contribution in [1.82, 2.24) is 10.3 Å². The van der Waals surface area contributed by atoms with Crippen LogP contribution in [0.15, 0.2) is 12.3 Å². The topological polar surface area (TPSA) is 85.1 Å². The number of hydrogen-bond acceptors (Lipinski definition) is 3. The van der Waals surface area contributed by atoms with Crippen LogP contribution in [0.25, 0.3) is 0 Å². The number of amides is 2. The van der Waals surface area contributed by atoms with Gasteiger partial charge in [0.1, 0.15) is 5.15 Å². The van der Waals surface area contributed by atoms with Gasteiger partial charge in [-0.3, -0.25) is 9.59 Å². The molecule has 1 rings (SSSR count). The van der Waals surface area contributed by atoms with Crippen LogP contribution in [0.1, 0.15) is 23.7 Å². The van der Waals surface area contributed by atoms with Crippen molar-refractivity contribution in [2.24, 2.45) is 5.73 Å². The summed E-state index contributed by atoms with van der Waals surface area (Å²) in [6.07, 6.45) is 1.38. The molecule has 1 aromatic heterocycles. The monoisotopic (exact) mass is 275 g/mol. The van der Waals surface area contributed by atoms with Crippen molar-refractivity contribution in [3.8, 4) is 0 Å². The average Bonchev–Trinajstić information content (AvgIpc) is 2.20. The van der Waals surface area contributed by atoms with Gasteiger partial charge in [0.25, 0.3) is 5.91 Å². The molecule has 0 bridgehead atoms. The van der Waals surface area contributed by atoms with Crippen LogP contribution < -0.4 is 11.1 Å². The van der Waals surface area contributed by atoms with Crippen molar-refractivity contribution in [1.29, 1.82) is 0 Å². The number of hydrogen-bond donors (Lipinski definition) is 2. The molecule has 5 nitrogen and oxygen atoms in total. The van der Waals surface area contributed by atoms with Crippen molar-refractivity contribution in [2.75, 3.05) is 0 Å². The van der Waals surface area contributed by atoms with Gasteiger partial charge in [-0.2, -0.15) is 0 Å². The van der Waals surface area contributed by atoms with E-state index in [0.717, 1.165) is 0 Å². The Morgan fingerprint density at radius 3 is 2.71 bits per heavy atom. The molecule has 0 saturated carbocycles. The lowest BCUT2D eigenvalue weighted by atomic mass is 10.2. The summed E-state index contributed by atoms with van der Waals surface area (Å²) in [5.41, 5.74) is 5.28. The van der Waals surface area contributed by atoms with Crippen molar-refractivity contribution in [3.63, 3.8) is 0 Å². The molecule has 0 aliphatic rings. The van der Waals surface area contributed by atoms with E-state index in [-0.39, 0.29) is 34.1 Å². The molecule has 0 aromatic carbocycles. The van der Waals surface area contributed by atoms with E-state index < -0.39 is 5.91 Å². The lowest BCUT2D eigenvalue weighted by molar-refractivity contribution is -0.118. The summed E-state index contributed by atoms with van der Waals surface area (Å²) in [7, 11) is 0. The van der Waals surface area contributed by atoms with Crippen molar-refractivity contribution in [3.05, 3.63) is 28.0 Å². The molecule has 2 amide bonds. The Balaban J connectivity index is 2.70. The molecule has 1 aromatic rings. The Morgan fingerprint density at radius 1 is 1.53 bits per heavy atom. The minimum atomic E-state index is -0.481. The maximum atomic E-state index is 11.7. The van der Waals surface area contributed by atoms with E-state index in [1.807, 2.05) is 0 Å². The summed E-state index contributed by atoms with van der Waals surface area (Å²) >= 11 is 11.4. The minimum absolute atomic E-state index is 0.0699. The fourth-order valence-electron chi connectivity index (χ4n) is 1.21. The van der Waals surface area contributed by atoms with E-state index >= 15 is 0 Å². The van der Waals surface area contributed by atoms with E-state index in [0.29, 0.717) is 0 Å². The molecular formula is C10H11Cl2N3O2. The molecule has 1 unspecified atom stereocenters. The van der Waals surface area contributed by atoms with Crippen LogP contribution in [-0.4, -0.2) is 22.8 Å². The number of rotatable bonds is 4. The highest BCUT2D eigenvalue weighted by Gasteiger charge is 2.13. The third-order valence-electron chi connectivity index (χ3n) is 1.94. The number of nitrogens with zero attached hydrogens (tertiary/aromatic N) is 1. The number of halogens is 2. The lowest BCUT2D eigenvalue weighted by Crippen LogP contribution is -2.35. The quantitative estimate of drug-likeness (QED) is 0.815. The fourth-order valence-corrected chi connectivity index (χ4v) is 1.48. The predicted molar refractivity (Wildman–Crippen MR) is 65.0 cm³/mol. The largest absolute Gasteiger partial charge is 0.370 e. The highest BCUT2D eigenvalue weighted by molar-refractivity contribution is 6.41. The Morgan fingerprint density at radius 2 is 2.18 bits per heavy atom. The number of nitrogens with two attached hydrogens (primary N) is 1. The molecule has 0 aliphatic heterocycles. The minimum Gasteiger partial charge on any atom is -0.370 e. The number of carbonyl (C=O) groups excluding carboxylic acids is 2. The van der Waals surface area contributed by atoms with Crippen molar-refractivity contribution >= 4 is 35.0 Å². The molecule has 0 saturated heterocycles. The van der Waals surface area contributed by atoms with Gasteiger partial charge in [-0.05, 0) is 13.0 Å². The third kappa shape index (κ3) is 4.20. The molecule has 92 valence electrons. The molecule has 17 heavy (non-hydrogen) atoms. The van der Waals surface area contributed by atoms with E-state index in [2.05, 4.69) is 10.3 Å². The smallest absolute Gasteiger partial charge is 0.253 e. The maximum absolute atomic E-state index is 11.7. The first-order chi connectivity index (χ1) is 7.90. The zero-order valence-corrected chi connectivity index (χ0v) is 10.5. The maximum Gasteiger partial charge on any atom is 0.253 e. The summed E-state index contributed by atoms with van der Waals surface area (Å²) in [6.45, 7) is 1.67. The second-order valence-corrected chi connectivity index (χ2v) is 4.31. The van der Waals surface area contributed by atoms with Gasteiger partial charge in [-0.1, -0.05) is 23.2 Å². The molecule has 3 N–H and O–H groups in total. The van der Waals surface area contributed by atoms with Crippen LogP contribution in [0.4, 0.5) is 0 Å². The molecule has 7 heteroatoms. The van der Waals surface area contributed by atoms with Crippen LogP contribution in [0.3, 0.4) is 0 Å². The molecule has 0 radical (unpaired) electrons. The van der Waals surface area contributed by atoms with Gasteiger partial charge in [0.2, 0.25) is 5.91 Å². The van der Waals surface area contributed by atoms with Gasteiger partial charge >= 0.3 is 0 Å². The Bertz CT molecular complexity index is 451. The SMILES string of the molecule is CC(CC(N)=O)NC(=O)c1cnc(Cl)c(Cl)c1. The Kier molecular flexibility index (Phi) is 4.72. The molecule has 0 aliphatic carbocycles. The van der Waals surface area contributed by atoms with E-state index in [9.17, 15) is 9.59 Å². The van der Waals surface area contributed by atoms with Crippen molar-refractivity contribution < 1.29 is 9.59 Å². The van der Waals surface area contributed by atoms with E-state index in [4.69, 9.17) is 28.9 Å². The van der Waals surface area contributed by atoms with Gasteiger partial charge in [0.05, 0.1) is 10.6 Å². The Hall–Kier alpha value is -1.33. The zero-order chi connectivity index (χ0) is 13.0. The highest BCUT2D eigenvalue weighted by atomic mass is 35.5. The molecular weight excluding hydrogens is 265 g/mol. The number of pyridine rings is 1. The number of aromatic nitrogens is 1. The third-order valence-corrected chi connectivity index (χ3v) is 2.63. The van der Waals surface area contributed by atoms with Gasteiger partial charge in [0.15, 0.2) is 0 Å². The van der Waals surface area contributed by atoms with Gasteiger partial charge < -0.3 is 11.1 Å². The molecule has 0 spiro atoms. The van der Waals surface area contributed by atoms with Crippen LogP contribution in [0.2, 0.25) is 10.2 Å².